The van der Waals surface area contributed by atoms with Crippen molar-refractivity contribution >= 4 is 11.8 Å². The molecule has 4 heteroatoms. The molecular weight excluding hydrogens is 340 g/mol. The van der Waals surface area contributed by atoms with E-state index in [9.17, 15) is 9.59 Å². The molecule has 0 saturated heterocycles. The molecule has 7 atom stereocenters. The summed E-state index contributed by atoms with van der Waals surface area (Å²) in [4.78, 5) is 23.1. The molecule has 0 amide bonds. The first-order valence-electron chi connectivity index (χ1n) is 10.8. The van der Waals surface area contributed by atoms with E-state index in [4.69, 9.17) is 9.84 Å². The fraction of sp³-hybridized carbons (Fsp3) is 0.826. The average Bonchev–Trinajstić information content (AvgIpc) is 2.97. The molecule has 4 nitrogen and oxygen atoms in total. The van der Waals surface area contributed by atoms with Crippen LogP contribution in [0.15, 0.2) is 11.6 Å². The number of carboxylic acid groups (broad SMARTS) is 1. The molecule has 0 spiro atoms. The molecule has 150 valence electrons. The van der Waals surface area contributed by atoms with E-state index in [1.54, 1.807) is 6.92 Å². The van der Waals surface area contributed by atoms with Crippen molar-refractivity contribution in [3.05, 3.63) is 11.6 Å². The third-order valence-corrected chi connectivity index (χ3v) is 8.99. The zero-order chi connectivity index (χ0) is 19.4. The van der Waals surface area contributed by atoms with Gasteiger partial charge in [-0.15, -0.1) is 0 Å². The van der Waals surface area contributed by atoms with Crippen LogP contribution < -0.4 is 0 Å². The summed E-state index contributed by atoms with van der Waals surface area (Å²) in [6.07, 6.45) is 11.3. The van der Waals surface area contributed by atoms with E-state index in [0.717, 1.165) is 32.1 Å². The highest BCUT2D eigenvalue weighted by atomic mass is 16.5. The third-order valence-electron chi connectivity index (χ3n) is 8.99. The van der Waals surface area contributed by atoms with Crippen molar-refractivity contribution in [3.8, 4) is 0 Å². The first-order valence-corrected chi connectivity index (χ1v) is 10.8. The van der Waals surface area contributed by atoms with Crippen molar-refractivity contribution in [1.82, 2.24) is 0 Å². The summed E-state index contributed by atoms with van der Waals surface area (Å²) in [5, 5.41) is 8.89. The number of hydrogen-bond acceptors (Lipinski definition) is 3. The van der Waals surface area contributed by atoms with Crippen LogP contribution in [0.5, 0.6) is 0 Å². The summed E-state index contributed by atoms with van der Waals surface area (Å²) < 4.78 is 5.62. The Morgan fingerprint density at radius 1 is 1.15 bits per heavy atom. The second kappa shape index (κ2) is 6.72. The fourth-order valence-electron chi connectivity index (χ4n) is 7.63. The Bertz CT molecular complexity index is 667. The minimum absolute atomic E-state index is 0.0550. The molecule has 4 aliphatic rings. The normalized spacial score (nSPS) is 46.0. The lowest BCUT2D eigenvalue weighted by molar-refractivity contribution is -0.145. The average molecular weight is 375 g/mol. The lowest BCUT2D eigenvalue weighted by Crippen LogP contribution is -2.51. The van der Waals surface area contributed by atoms with E-state index in [-0.39, 0.29) is 29.5 Å². The summed E-state index contributed by atoms with van der Waals surface area (Å²) >= 11 is 0. The molecule has 4 aliphatic carbocycles. The number of carboxylic acids is 1. The van der Waals surface area contributed by atoms with Crippen LogP contribution in [0.3, 0.4) is 0 Å². The van der Waals surface area contributed by atoms with E-state index in [2.05, 4.69) is 19.9 Å². The van der Waals surface area contributed by atoms with E-state index < -0.39 is 5.97 Å². The highest BCUT2D eigenvalue weighted by Gasteiger charge is 2.59. The lowest BCUT2D eigenvalue weighted by Gasteiger charge is -2.58. The molecule has 0 unspecified atom stereocenters. The number of fused-ring (bicyclic) bond motifs is 5. The molecular formula is C23H34O4. The first-order chi connectivity index (χ1) is 12.8. The zero-order valence-corrected chi connectivity index (χ0v) is 17.0. The lowest BCUT2D eigenvalue weighted by atomic mass is 9.47. The van der Waals surface area contributed by atoms with Gasteiger partial charge in [0.15, 0.2) is 0 Å². The second-order valence-electron chi connectivity index (χ2n) is 10.1. The van der Waals surface area contributed by atoms with Crippen LogP contribution in [0.4, 0.5) is 0 Å². The Kier molecular flexibility index (Phi) is 4.77. The second-order valence-corrected chi connectivity index (χ2v) is 10.1. The van der Waals surface area contributed by atoms with Crippen molar-refractivity contribution in [1.29, 1.82) is 0 Å². The Balaban J connectivity index is 1.54. The molecule has 0 aromatic carbocycles. The van der Waals surface area contributed by atoms with Gasteiger partial charge in [0.25, 0.3) is 0 Å². The number of allylic oxidation sites excluding steroid dienone is 1. The van der Waals surface area contributed by atoms with Gasteiger partial charge in [-0.05, 0) is 86.9 Å². The van der Waals surface area contributed by atoms with Gasteiger partial charge in [-0.1, -0.05) is 25.5 Å². The number of ketones is 1. The molecule has 3 saturated carbocycles. The van der Waals surface area contributed by atoms with Crippen molar-refractivity contribution in [2.75, 3.05) is 6.61 Å². The largest absolute Gasteiger partial charge is 0.480 e. The van der Waals surface area contributed by atoms with Crippen molar-refractivity contribution < 1.29 is 19.4 Å². The third kappa shape index (κ3) is 2.99. The van der Waals surface area contributed by atoms with Gasteiger partial charge < -0.3 is 9.84 Å². The molecule has 0 aliphatic heterocycles. The van der Waals surface area contributed by atoms with Gasteiger partial charge >= 0.3 is 5.97 Å². The van der Waals surface area contributed by atoms with Crippen molar-refractivity contribution in [3.63, 3.8) is 0 Å². The SMILES string of the molecule is CC(=O)[C@H]1CC[C@H]2[C@@H]3CC=C4C[C@@H](OCC(=O)O)CC[C@]4(C)[C@H]3CC[C@]12C. The molecule has 1 N–H and O–H groups in total. The number of carbonyl (C=O) groups is 2. The Morgan fingerprint density at radius 3 is 2.63 bits per heavy atom. The molecule has 3 fully saturated rings. The van der Waals surface area contributed by atoms with Crippen LogP contribution in [0, 0.1) is 34.5 Å². The fourth-order valence-corrected chi connectivity index (χ4v) is 7.63. The van der Waals surface area contributed by atoms with Gasteiger partial charge in [0.05, 0.1) is 6.10 Å². The standard InChI is InChI=1S/C23H34O4/c1-14(24)18-6-7-19-17-5-4-15-12-16(27-13-21(25)26)8-10-22(15,2)20(17)9-11-23(18,19)3/h4,16-20H,5-13H2,1-3H3,(H,25,26)/t16-,17-,18+,19-,20-,22-,23+/m0/s1. The van der Waals surface area contributed by atoms with Crippen LogP contribution in [0.25, 0.3) is 0 Å². The maximum atomic E-state index is 12.2. The van der Waals surface area contributed by atoms with E-state index in [0.29, 0.717) is 23.5 Å². The molecule has 0 heterocycles. The van der Waals surface area contributed by atoms with Gasteiger partial charge in [0.2, 0.25) is 0 Å². The van der Waals surface area contributed by atoms with Crippen LogP contribution in [0.1, 0.15) is 72.1 Å². The Labute approximate surface area is 162 Å². The minimum Gasteiger partial charge on any atom is -0.480 e. The van der Waals surface area contributed by atoms with Crippen LogP contribution in [0.2, 0.25) is 0 Å². The van der Waals surface area contributed by atoms with Gasteiger partial charge in [0.1, 0.15) is 12.4 Å². The number of Topliss-reactive ketones (excluding diaryl/α,β-unsaturated/α-hetero) is 1. The number of aliphatic carboxylic acids is 1. The quantitative estimate of drug-likeness (QED) is 0.729. The summed E-state index contributed by atoms with van der Waals surface area (Å²) in [5.74, 6) is 1.88. The van der Waals surface area contributed by atoms with E-state index in [1.165, 1.54) is 24.8 Å². The smallest absolute Gasteiger partial charge is 0.329 e. The minimum atomic E-state index is -0.881. The summed E-state index contributed by atoms with van der Waals surface area (Å²) in [6, 6.07) is 0. The van der Waals surface area contributed by atoms with Gasteiger partial charge in [-0.3, -0.25) is 4.79 Å². The summed E-state index contributed by atoms with van der Waals surface area (Å²) in [6.45, 7) is 6.45. The highest BCUT2D eigenvalue weighted by molar-refractivity contribution is 5.79. The number of hydrogen-bond donors (Lipinski definition) is 1. The van der Waals surface area contributed by atoms with Crippen molar-refractivity contribution in [2.24, 2.45) is 34.5 Å². The summed E-state index contributed by atoms with van der Waals surface area (Å²) in [5.41, 5.74) is 1.95. The number of ether oxygens (including phenoxy) is 1. The van der Waals surface area contributed by atoms with Gasteiger partial charge in [0, 0.05) is 5.92 Å². The van der Waals surface area contributed by atoms with Crippen LogP contribution >= 0.6 is 0 Å². The molecule has 27 heavy (non-hydrogen) atoms. The molecule has 0 aromatic heterocycles. The zero-order valence-electron chi connectivity index (χ0n) is 17.0. The topological polar surface area (TPSA) is 63.6 Å². The van der Waals surface area contributed by atoms with Gasteiger partial charge in [-0.2, -0.15) is 0 Å². The highest BCUT2D eigenvalue weighted by Crippen LogP contribution is 2.66. The van der Waals surface area contributed by atoms with Crippen molar-refractivity contribution in [2.45, 2.75) is 78.2 Å². The predicted octanol–water partition coefficient (Wildman–Crippen LogP) is 4.62. The summed E-state index contributed by atoms with van der Waals surface area (Å²) in [7, 11) is 0. The maximum absolute atomic E-state index is 12.2. The maximum Gasteiger partial charge on any atom is 0.329 e. The monoisotopic (exact) mass is 374 g/mol. The molecule has 0 radical (unpaired) electrons. The molecule has 0 bridgehead atoms. The number of carbonyl (C=O) groups excluding carboxylic acids is 1. The van der Waals surface area contributed by atoms with E-state index >= 15 is 0 Å². The number of rotatable bonds is 4. The van der Waals surface area contributed by atoms with Crippen LogP contribution in [-0.2, 0) is 14.3 Å². The van der Waals surface area contributed by atoms with E-state index in [1.807, 2.05) is 0 Å². The molecule has 4 rings (SSSR count). The van der Waals surface area contributed by atoms with Gasteiger partial charge in [-0.25, -0.2) is 4.79 Å². The Morgan fingerprint density at radius 2 is 1.93 bits per heavy atom. The predicted molar refractivity (Wildman–Crippen MR) is 103 cm³/mol. The van der Waals surface area contributed by atoms with Crippen LogP contribution in [-0.4, -0.2) is 29.6 Å². The first kappa shape index (κ1) is 19.2. The molecule has 0 aromatic rings. The Hall–Kier alpha value is -1.16.